The maximum Gasteiger partial charge on any atom is 0.273 e. The van der Waals surface area contributed by atoms with E-state index in [0.29, 0.717) is 12.3 Å². The van der Waals surface area contributed by atoms with E-state index in [-0.39, 0.29) is 17.4 Å². The third-order valence-corrected chi connectivity index (χ3v) is 4.98. The van der Waals surface area contributed by atoms with Crippen LogP contribution in [0, 0.1) is 5.41 Å². The van der Waals surface area contributed by atoms with Crippen molar-refractivity contribution in [1.82, 2.24) is 9.88 Å². The Kier molecular flexibility index (Phi) is 4.80. The Hall–Kier alpha value is -2.36. The van der Waals surface area contributed by atoms with E-state index in [9.17, 15) is 4.79 Å². The number of rotatable bonds is 4. The van der Waals surface area contributed by atoms with Crippen molar-refractivity contribution in [2.24, 2.45) is 5.41 Å². The molecule has 2 aromatic rings. The molecule has 2 heterocycles. The number of ether oxygens (including phenoxy) is 1. The molecule has 1 amide bonds. The molecule has 0 radical (unpaired) electrons. The zero-order valence-corrected chi connectivity index (χ0v) is 15.5. The lowest BCUT2D eigenvalue weighted by Gasteiger charge is -2.40. The molecule has 132 valence electrons. The van der Waals surface area contributed by atoms with E-state index in [4.69, 9.17) is 4.74 Å². The van der Waals surface area contributed by atoms with Crippen molar-refractivity contribution >= 4 is 5.91 Å². The molecule has 1 aromatic heterocycles. The van der Waals surface area contributed by atoms with Gasteiger partial charge in [0.25, 0.3) is 5.91 Å². The van der Waals surface area contributed by atoms with Gasteiger partial charge in [0.05, 0.1) is 0 Å². The summed E-state index contributed by atoms with van der Waals surface area (Å²) in [7, 11) is 0. The van der Waals surface area contributed by atoms with Gasteiger partial charge in [-0.2, -0.15) is 0 Å². The fourth-order valence-corrected chi connectivity index (χ4v) is 3.02. The van der Waals surface area contributed by atoms with E-state index in [2.05, 4.69) is 38.7 Å². The molecule has 0 aliphatic carbocycles. The molecule has 4 heteroatoms. The van der Waals surface area contributed by atoms with Gasteiger partial charge in [0.15, 0.2) is 0 Å². The topological polar surface area (TPSA) is 42.4 Å². The fraction of sp³-hybridized carbons (Fsp3) is 0.429. The number of pyridine rings is 1. The van der Waals surface area contributed by atoms with Crippen LogP contribution in [0.3, 0.4) is 0 Å². The van der Waals surface area contributed by atoms with Gasteiger partial charge >= 0.3 is 0 Å². The summed E-state index contributed by atoms with van der Waals surface area (Å²) < 4.78 is 5.78. The number of hydrogen-bond donors (Lipinski definition) is 0. The maximum absolute atomic E-state index is 12.8. The molecular weight excluding hydrogens is 312 g/mol. The molecular formula is C21H26N2O2. The molecule has 25 heavy (non-hydrogen) atoms. The van der Waals surface area contributed by atoms with Gasteiger partial charge in [-0.15, -0.1) is 0 Å². The van der Waals surface area contributed by atoms with Crippen LogP contribution in [0.5, 0.6) is 5.75 Å². The minimum Gasteiger partial charge on any atom is -0.489 e. The smallest absolute Gasteiger partial charge is 0.273 e. The highest BCUT2D eigenvalue weighted by Crippen LogP contribution is 2.28. The SMILES string of the molecule is C[C@H](N1CCc2cc(COc3ccccc3)cnc2C1=O)C(C)(C)C. The minimum absolute atomic E-state index is 0.0409. The molecule has 3 rings (SSSR count). The summed E-state index contributed by atoms with van der Waals surface area (Å²) in [5.41, 5.74) is 2.66. The molecule has 0 bridgehead atoms. The molecule has 0 saturated heterocycles. The Bertz CT molecular complexity index is 750. The molecule has 0 unspecified atom stereocenters. The largest absolute Gasteiger partial charge is 0.489 e. The van der Waals surface area contributed by atoms with Gasteiger partial charge in [0.1, 0.15) is 18.1 Å². The summed E-state index contributed by atoms with van der Waals surface area (Å²) in [6, 6.07) is 12.0. The summed E-state index contributed by atoms with van der Waals surface area (Å²) in [4.78, 5) is 19.2. The number of hydrogen-bond acceptors (Lipinski definition) is 3. The van der Waals surface area contributed by atoms with Crippen LogP contribution in [0.2, 0.25) is 0 Å². The van der Waals surface area contributed by atoms with Crippen LogP contribution in [-0.2, 0) is 13.0 Å². The lowest BCUT2D eigenvalue weighted by Crippen LogP contribution is -2.49. The Balaban J connectivity index is 1.73. The zero-order valence-electron chi connectivity index (χ0n) is 15.5. The van der Waals surface area contributed by atoms with Crippen LogP contribution < -0.4 is 4.74 Å². The van der Waals surface area contributed by atoms with Crippen molar-refractivity contribution in [3.63, 3.8) is 0 Å². The summed E-state index contributed by atoms with van der Waals surface area (Å²) in [5.74, 6) is 0.876. The first-order chi connectivity index (χ1) is 11.9. The average Bonchev–Trinajstić information content (AvgIpc) is 2.60. The number of carbonyl (C=O) groups is 1. The van der Waals surface area contributed by atoms with Crippen LogP contribution in [-0.4, -0.2) is 28.4 Å². The minimum atomic E-state index is 0.0409. The molecule has 0 N–H and O–H groups in total. The predicted molar refractivity (Wildman–Crippen MR) is 98.7 cm³/mol. The summed E-state index contributed by atoms with van der Waals surface area (Å²) in [6.07, 6.45) is 2.60. The van der Waals surface area contributed by atoms with Gasteiger partial charge in [0.2, 0.25) is 0 Å². The van der Waals surface area contributed by atoms with Crippen molar-refractivity contribution < 1.29 is 9.53 Å². The molecule has 1 aliphatic rings. The van der Waals surface area contributed by atoms with Crippen molar-refractivity contribution in [3.8, 4) is 5.75 Å². The summed E-state index contributed by atoms with van der Waals surface area (Å²) in [6.45, 7) is 9.81. The van der Waals surface area contributed by atoms with Crippen molar-refractivity contribution in [1.29, 1.82) is 0 Å². The number of benzene rings is 1. The second kappa shape index (κ2) is 6.87. The Morgan fingerprint density at radius 1 is 1.24 bits per heavy atom. The van der Waals surface area contributed by atoms with E-state index in [0.717, 1.165) is 29.8 Å². The van der Waals surface area contributed by atoms with Gasteiger partial charge in [-0.05, 0) is 42.5 Å². The monoisotopic (exact) mass is 338 g/mol. The standard InChI is InChI=1S/C21H26N2O2/c1-15(21(2,3)4)23-11-10-17-12-16(13-22-19(17)20(23)24)14-25-18-8-6-5-7-9-18/h5-9,12-13,15H,10-11,14H2,1-4H3/t15-/m0/s1. The van der Waals surface area contributed by atoms with Crippen molar-refractivity contribution in [2.75, 3.05) is 6.54 Å². The highest BCUT2D eigenvalue weighted by atomic mass is 16.5. The number of nitrogens with zero attached hydrogens (tertiary/aromatic N) is 2. The van der Waals surface area contributed by atoms with Crippen LogP contribution >= 0.6 is 0 Å². The van der Waals surface area contributed by atoms with E-state index in [1.165, 1.54) is 0 Å². The van der Waals surface area contributed by atoms with E-state index < -0.39 is 0 Å². The van der Waals surface area contributed by atoms with Gasteiger partial charge in [-0.25, -0.2) is 0 Å². The lowest BCUT2D eigenvalue weighted by atomic mass is 9.85. The normalized spacial score (nSPS) is 15.7. The van der Waals surface area contributed by atoms with E-state index in [1.807, 2.05) is 35.2 Å². The number of para-hydroxylation sites is 1. The van der Waals surface area contributed by atoms with E-state index >= 15 is 0 Å². The first kappa shape index (κ1) is 17.5. The molecule has 0 spiro atoms. The Morgan fingerprint density at radius 2 is 1.96 bits per heavy atom. The second-order valence-corrected chi connectivity index (χ2v) is 7.74. The van der Waals surface area contributed by atoms with Gasteiger partial charge in [-0.3, -0.25) is 9.78 Å². The number of amides is 1. The van der Waals surface area contributed by atoms with Crippen LogP contribution in [0.1, 0.15) is 49.3 Å². The number of aromatic nitrogens is 1. The highest BCUT2D eigenvalue weighted by molar-refractivity contribution is 5.95. The fourth-order valence-electron chi connectivity index (χ4n) is 3.02. The van der Waals surface area contributed by atoms with Gasteiger partial charge in [0, 0.05) is 24.3 Å². The van der Waals surface area contributed by atoms with Crippen LogP contribution in [0.25, 0.3) is 0 Å². The summed E-state index contributed by atoms with van der Waals surface area (Å²) in [5, 5.41) is 0. The molecule has 4 nitrogen and oxygen atoms in total. The molecule has 1 aliphatic heterocycles. The Morgan fingerprint density at radius 3 is 2.64 bits per heavy atom. The average molecular weight is 338 g/mol. The van der Waals surface area contributed by atoms with Crippen LogP contribution in [0.15, 0.2) is 42.6 Å². The highest BCUT2D eigenvalue weighted by Gasteiger charge is 2.34. The molecule has 1 aromatic carbocycles. The molecule has 0 saturated carbocycles. The predicted octanol–water partition coefficient (Wildman–Crippen LogP) is 4.09. The molecule has 1 atom stereocenters. The van der Waals surface area contributed by atoms with Crippen molar-refractivity contribution in [2.45, 2.75) is 46.8 Å². The Labute approximate surface area is 149 Å². The number of carbonyl (C=O) groups excluding carboxylic acids is 1. The second-order valence-electron chi connectivity index (χ2n) is 7.74. The third kappa shape index (κ3) is 3.84. The lowest BCUT2D eigenvalue weighted by molar-refractivity contribution is 0.0526. The molecule has 0 fully saturated rings. The van der Waals surface area contributed by atoms with Gasteiger partial charge < -0.3 is 9.64 Å². The van der Waals surface area contributed by atoms with Gasteiger partial charge in [-0.1, -0.05) is 39.0 Å². The number of fused-ring (bicyclic) bond motifs is 1. The first-order valence-corrected chi connectivity index (χ1v) is 8.83. The van der Waals surface area contributed by atoms with Crippen molar-refractivity contribution in [3.05, 3.63) is 59.4 Å². The first-order valence-electron chi connectivity index (χ1n) is 8.83. The quantitative estimate of drug-likeness (QED) is 0.843. The maximum atomic E-state index is 12.8. The van der Waals surface area contributed by atoms with Crippen LogP contribution in [0.4, 0.5) is 0 Å². The zero-order chi connectivity index (χ0) is 18.0. The summed E-state index contributed by atoms with van der Waals surface area (Å²) >= 11 is 0. The third-order valence-electron chi connectivity index (χ3n) is 4.98. The van der Waals surface area contributed by atoms with E-state index in [1.54, 1.807) is 6.20 Å².